The van der Waals surface area contributed by atoms with Gasteiger partial charge in [0.2, 0.25) is 5.91 Å². The summed E-state index contributed by atoms with van der Waals surface area (Å²) < 4.78 is 5.25. The van der Waals surface area contributed by atoms with Gasteiger partial charge in [0.15, 0.2) is 0 Å². The fourth-order valence-electron chi connectivity index (χ4n) is 3.42. The van der Waals surface area contributed by atoms with Crippen LogP contribution in [0.5, 0.6) is 0 Å². The minimum Gasteiger partial charge on any atom is -0.481 e. The van der Waals surface area contributed by atoms with E-state index in [1.807, 2.05) is 6.92 Å². The average molecular weight is 360 g/mol. The topological polar surface area (TPSA) is 113 Å². The van der Waals surface area contributed by atoms with Gasteiger partial charge in [0, 0.05) is 13.2 Å². The van der Waals surface area contributed by atoms with E-state index >= 15 is 0 Å². The number of fused-ring (bicyclic) bond motifs is 1. The Bertz CT molecular complexity index is 782. The second-order valence-corrected chi connectivity index (χ2v) is 6.76. The van der Waals surface area contributed by atoms with Gasteiger partial charge < -0.3 is 15.2 Å². The minimum atomic E-state index is -1.02. The number of aliphatic carboxylic acids is 1. The molecule has 1 fully saturated rings. The molecule has 8 heteroatoms. The van der Waals surface area contributed by atoms with E-state index in [0.717, 1.165) is 10.5 Å². The van der Waals surface area contributed by atoms with Crippen LogP contribution in [0.25, 0.3) is 0 Å². The van der Waals surface area contributed by atoms with Crippen molar-refractivity contribution in [2.45, 2.75) is 31.7 Å². The number of carbonyl (C=O) groups excluding carboxylic acids is 3. The van der Waals surface area contributed by atoms with Gasteiger partial charge in [0.1, 0.15) is 6.54 Å². The molecule has 0 atom stereocenters. The number of nitrogens with zero attached hydrogens (tertiary/aromatic N) is 1. The van der Waals surface area contributed by atoms with Crippen LogP contribution in [0.1, 0.15) is 45.5 Å². The molecule has 0 bridgehead atoms. The van der Waals surface area contributed by atoms with Crippen molar-refractivity contribution in [1.82, 2.24) is 10.2 Å². The summed E-state index contributed by atoms with van der Waals surface area (Å²) in [6.07, 6.45) is 0.502. The van der Waals surface area contributed by atoms with Gasteiger partial charge in [-0.25, -0.2) is 0 Å². The van der Waals surface area contributed by atoms with Gasteiger partial charge in [0.25, 0.3) is 11.8 Å². The summed E-state index contributed by atoms with van der Waals surface area (Å²) in [5, 5.41) is 11.9. The molecular weight excluding hydrogens is 340 g/mol. The Balaban J connectivity index is 1.72. The van der Waals surface area contributed by atoms with Gasteiger partial charge in [-0.1, -0.05) is 11.6 Å². The van der Waals surface area contributed by atoms with Crippen molar-refractivity contribution in [3.8, 4) is 0 Å². The molecule has 2 N–H and O–H groups in total. The molecular formula is C18H20N2O6. The van der Waals surface area contributed by atoms with E-state index in [0.29, 0.717) is 26.1 Å². The number of amides is 3. The van der Waals surface area contributed by atoms with Crippen LogP contribution in [-0.4, -0.2) is 59.0 Å². The van der Waals surface area contributed by atoms with Crippen LogP contribution in [0.15, 0.2) is 18.2 Å². The Labute approximate surface area is 150 Å². The van der Waals surface area contributed by atoms with Crippen LogP contribution in [0.3, 0.4) is 0 Å². The van der Waals surface area contributed by atoms with E-state index < -0.39 is 35.8 Å². The van der Waals surface area contributed by atoms with Gasteiger partial charge in [-0.05, 0) is 31.9 Å². The Hall–Kier alpha value is -2.74. The summed E-state index contributed by atoms with van der Waals surface area (Å²) >= 11 is 0. The lowest BCUT2D eigenvalue weighted by atomic mass is 9.86. The number of hydrogen-bond acceptors (Lipinski definition) is 5. The minimum absolute atomic E-state index is 0.233. The Morgan fingerprint density at radius 2 is 1.85 bits per heavy atom. The van der Waals surface area contributed by atoms with E-state index in [1.54, 1.807) is 18.2 Å². The second-order valence-electron chi connectivity index (χ2n) is 6.76. The summed E-state index contributed by atoms with van der Waals surface area (Å²) in [5.74, 6) is -2.61. The first-order valence-corrected chi connectivity index (χ1v) is 8.39. The Morgan fingerprint density at radius 3 is 2.50 bits per heavy atom. The van der Waals surface area contributed by atoms with Crippen LogP contribution in [0, 0.1) is 6.92 Å². The number of ether oxygens (including phenoxy) is 1. The van der Waals surface area contributed by atoms with Crippen molar-refractivity contribution >= 4 is 23.7 Å². The van der Waals surface area contributed by atoms with Gasteiger partial charge in [-0.15, -0.1) is 0 Å². The van der Waals surface area contributed by atoms with Crippen molar-refractivity contribution < 1.29 is 29.0 Å². The zero-order chi connectivity index (χ0) is 18.9. The van der Waals surface area contributed by atoms with Crippen LogP contribution in [0.4, 0.5) is 0 Å². The van der Waals surface area contributed by atoms with Crippen LogP contribution < -0.4 is 5.32 Å². The lowest BCUT2D eigenvalue weighted by Gasteiger charge is -2.37. The number of carboxylic acids is 1. The SMILES string of the molecule is Cc1ccc2c(c1)C(=O)N(CC(=O)NC1(CC(=O)O)CCOCC1)C2=O. The maximum atomic E-state index is 12.5. The zero-order valence-corrected chi connectivity index (χ0v) is 14.4. The van der Waals surface area contributed by atoms with Gasteiger partial charge in [-0.2, -0.15) is 0 Å². The second kappa shape index (κ2) is 6.87. The molecule has 2 heterocycles. The van der Waals surface area contributed by atoms with Gasteiger partial charge in [0.05, 0.1) is 23.1 Å². The molecule has 3 rings (SSSR count). The molecule has 1 aromatic rings. The van der Waals surface area contributed by atoms with Crippen LogP contribution in [0.2, 0.25) is 0 Å². The first-order valence-electron chi connectivity index (χ1n) is 8.39. The molecule has 0 radical (unpaired) electrons. The predicted molar refractivity (Wildman–Crippen MR) is 89.7 cm³/mol. The summed E-state index contributed by atoms with van der Waals surface area (Å²) in [6.45, 7) is 2.07. The third-order valence-corrected chi connectivity index (χ3v) is 4.77. The first kappa shape index (κ1) is 18.1. The third-order valence-electron chi connectivity index (χ3n) is 4.77. The quantitative estimate of drug-likeness (QED) is 0.749. The normalized spacial score (nSPS) is 18.6. The predicted octanol–water partition coefficient (Wildman–Crippen LogP) is 0.731. The molecule has 1 saturated heterocycles. The maximum absolute atomic E-state index is 12.5. The smallest absolute Gasteiger partial charge is 0.305 e. The molecule has 2 aliphatic heterocycles. The highest BCUT2D eigenvalue weighted by Crippen LogP contribution is 2.26. The summed E-state index contributed by atoms with van der Waals surface area (Å²) in [5.41, 5.74) is 0.490. The molecule has 26 heavy (non-hydrogen) atoms. The zero-order valence-electron chi connectivity index (χ0n) is 14.4. The summed E-state index contributed by atoms with van der Waals surface area (Å²) in [4.78, 5) is 49.4. The van der Waals surface area contributed by atoms with Gasteiger partial charge >= 0.3 is 5.97 Å². The lowest BCUT2D eigenvalue weighted by molar-refractivity contribution is -0.140. The first-order chi connectivity index (χ1) is 12.3. The number of nitrogens with one attached hydrogen (secondary N) is 1. The molecule has 1 aromatic carbocycles. The number of aryl methyl sites for hydroxylation is 1. The van der Waals surface area contributed by atoms with E-state index in [9.17, 15) is 19.2 Å². The highest BCUT2D eigenvalue weighted by Gasteiger charge is 2.40. The monoisotopic (exact) mass is 360 g/mol. The van der Waals surface area contributed by atoms with Crippen molar-refractivity contribution in [1.29, 1.82) is 0 Å². The number of imide groups is 1. The summed E-state index contributed by atoms with van der Waals surface area (Å²) in [6, 6.07) is 4.93. The highest BCUT2D eigenvalue weighted by atomic mass is 16.5. The molecule has 0 aromatic heterocycles. The lowest BCUT2D eigenvalue weighted by Crippen LogP contribution is -2.55. The number of carboxylic acid groups (broad SMARTS) is 1. The fraction of sp³-hybridized carbons (Fsp3) is 0.444. The van der Waals surface area contributed by atoms with Crippen molar-refractivity contribution in [2.75, 3.05) is 19.8 Å². The molecule has 0 aliphatic carbocycles. The standard InChI is InChI=1S/C18H20N2O6/c1-11-2-3-12-13(8-11)17(25)20(16(12)24)10-14(21)19-18(9-15(22)23)4-6-26-7-5-18/h2-3,8H,4-7,9-10H2,1H3,(H,19,21)(H,22,23). The number of rotatable bonds is 5. The van der Waals surface area contributed by atoms with Crippen LogP contribution in [-0.2, 0) is 14.3 Å². The molecule has 0 unspecified atom stereocenters. The largest absolute Gasteiger partial charge is 0.481 e. The highest BCUT2D eigenvalue weighted by molar-refractivity contribution is 6.22. The number of carbonyl (C=O) groups is 4. The van der Waals surface area contributed by atoms with Crippen molar-refractivity contribution in [2.24, 2.45) is 0 Å². The summed E-state index contributed by atoms with van der Waals surface area (Å²) in [7, 11) is 0. The number of benzene rings is 1. The molecule has 138 valence electrons. The third kappa shape index (κ3) is 3.45. The van der Waals surface area contributed by atoms with Gasteiger partial charge in [-0.3, -0.25) is 24.1 Å². The average Bonchev–Trinajstić information content (AvgIpc) is 2.79. The maximum Gasteiger partial charge on any atom is 0.305 e. The molecule has 3 amide bonds. The van der Waals surface area contributed by atoms with Crippen LogP contribution >= 0.6 is 0 Å². The molecule has 0 saturated carbocycles. The fourth-order valence-corrected chi connectivity index (χ4v) is 3.42. The Kier molecular flexibility index (Phi) is 4.78. The van der Waals surface area contributed by atoms with E-state index in [1.165, 1.54) is 0 Å². The van der Waals surface area contributed by atoms with E-state index in [-0.39, 0.29) is 17.5 Å². The number of hydrogen-bond donors (Lipinski definition) is 2. The molecule has 2 aliphatic rings. The molecule has 8 nitrogen and oxygen atoms in total. The molecule has 0 spiro atoms. The van der Waals surface area contributed by atoms with Crippen molar-refractivity contribution in [3.63, 3.8) is 0 Å². The van der Waals surface area contributed by atoms with Crippen molar-refractivity contribution in [3.05, 3.63) is 34.9 Å². The van der Waals surface area contributed by atoms with E-state index in [4.69, 9.17) is 9.84 Å². The van der Waals surface area contributed by atoms with E-state index in [2.05, 4.69) is 5.32 Å². The Morgan fingerprint density at radius 1 is 1.19 bits per heavy atom.